The van der Waals surface area contributed by atoms with E-state index in [-0.39, 0.29) is 11.2 Å². The molecular formula is C10H15BN4O2. The predicted molar refractivity (Wildman–Crippen MR) is 65.9 cm³/mol. The molecule has 0 aromatic carbocycles. The summed E-state index contributed by atoms with van der Waals surface area (Å²) in [5.41, 5.74) is -0.685. The quantitative estimate of drug-likeness (QED) is 0.686. The van der Waals surface area contributed by atoms with Crippen LogP contribution in [0.4, 0.5) is 0 Å². The number of nitriles is 1. The maximum Gasteiger partial charge on any atom is 0.328 e. The van der Waals surface area contributed by atoms with E-state index in [1.165, 1.54) is 22.8 Å². The average molecular weight is 234 g/mol. The summed E-state index contributed by atoms with van der Waals surface area (Å²) in [4.78, 5) is 26.2. The molecular weight excluding hydrogens is 219 g/mol. The minimum Gasteiger partial charge on any atom is -0.309 e. The first-order valence-corrected chi connectivity index (χ1v) is 5.05. The van der Waals surface area contributed by atoms with Crippen LogP contribution in [0.25, 0.3) is 0 Å². The van der Waals surface area contributed by atoms with E-state index < -0.39 is 0 Å². The van der Waals surface area contributed by atoms with Gasteiger partial charge in [0.25, 0.3) is 5.56 Å². The van der Waals surface area contributed by atoms with Crippen LogP contribution in [0.1, 0.15) is 6.42 Å². The van der Waals surface area contributed by atoms with E-state index in [0.29, 0.717) is 6.54 Å². The Bertz CT molecular complexity index is 472. The van der Waals surface area contributed by atoms with Crippen LogP contribution in [0.15, 0.2) is 21.9 Å². The Hall–Kier alpha value is -1.81. The van der Waals surface area contributed by atoms with E-state index in [9.17, 15) is 9.59 Å². The van der Waals surface area contributed by atoms with Gasteiger partial charge in [0.15, 0.2) is 0 Å². The third kappa shape index (κ3) is 7.14. The highest BCUT2D eigenvalue weighted by atomic mass is 16.2. The molecule has 0 amide bonds. The topological polar surface area (TPSA) is 81.9 Å². The first-order valence-electron chi connectivity index (χ1n) is 5.05. The van der Waals surface area contributed by atoms with Crippen molar-refractivity contribution in [3.05, 3.63) is 33.1 Å². The summed E-state index contributed by atoms with van der Waals surface area (Å²) in [7, 11) is 8.12. The molecule has 0 spiro atoms. The number of aromatic amines is 1. The van der Waals surface area contributed by atoms with E-state index in [1.807, 2.05) is 14.1 Å². The molecule has 1 aromatic heterocycles. The second-order valence-corrected chi connectivity index (χ2v) is 3.59. The Morgan fingerprint density at radius 1 is 1.53 bits per heavy atom. The average Bonchev–Trinajstić information content (AvgIpc) is 2.22. The minimum atomic E-state index is -0.348. The van der Waals surface area contributed by atoms with Crippen molar-refractivity contribution in [3.63, 3.8) is 0 Å². The van der Waals surface area contributed by atoms with Crippen LogP contribution in [-0.2, 0) is 6.54 Å². The summed E-state index contributed by atoms with van der Waals surface area (Å²) in [6.45, 7) is 1.55. The molecule has 7 heteroatoms. The number of nitrogens with zero attached hydrogens (tertiary/aromatic N) is 3. The summed E-state index contributed by atoms with van der Waals surface area (Å²) < 4.78 is 1.50. The molecule has 1 heterocycles. The summed E-state index contributed by atoms with van der Waals surface area (Å²) in [6, 6.07) is 1.36. The number of hydrogen-bond donors (Lipinski definition) is 1. The molecule has 0 aliphatic heterocycles. The molecule has 0 fully saturated rings. The molecule has 0 atom stereocenters. The van der Waals surface area contributed by atoms with Crippen molar-refractivity contribution in [3.8, 4) is 5.97 Å². The van der Waals surface area contributed by atoms with Crippen molar-refractivity contribution in [2.45, 2.75) is 13.0 Å². The Kier molecular flexibility index (Phi) is 7.47. The normalized spacial score (nSPS) is 9.29. The van der Waals surface area contributed by atoms with Gasteiger partial charge in [-0.3, -0.25) is 9.78 Å². The lowest BCUT2D eigenvalue weighted by molar-refractivity contribution is 0.384. The number of aromatic nitrogens is 2. The summed E-state index contributed by atoms with van der Waals surface area (Å²) in [6.07, 6.45) is 2.41. The monoisotopic (exact) mass is 234 g/mol. The van der Waals surface area contributed by atoms with Crippen LogP contribution < -0.4 is 11.2 Å². The fourth-order valence-corrected chi connectivity index (χ4v) is 1.18. The van der Waals surface area contributed by atoms with Gasteiger partial charge < -0.3 is 9.47 Å². The molecule has 0 aliphatic carbocycles. The molecule has 6 nitrogen and oxygen atoms in total. The van der Waals surface area contributed by atoms with Gasteiger partial charge in [0, 0.05) is 18.8 Å². The predicted octanol–water partition coefficient (Wildman–Crippen LogP) is -0.876. The van der Waals surface area contributed by atoms with Gasteiger partial charge in [-0.1, -0.05) is 0 Å². The Balaban J connectivity index is 0.000000770. The zero-order valence-corrected chi connectivity index (χ0v) is 10.0. The van der Waals surface area contributed by atoms with E-state index in [4.69, 9.17) is 5.26 Å². The molecule has 1 rings (SSSR count). The van der Waals surface area contributed by atoms with Gasteiger partial charge in [-0.25, -0.2) is 10.1 Å². The molecule has 17 heavy (non-hydrogen) atoms. The van der Waals surface area contributed by atoms with Crippen LogP contribution in [-0.4, -0.2) is 42.9 Å². The lowest BCUT2D eigenvalue weighted by Gasteiger charge is -2.09. The third-order valence-electron chi connectivity index (χ3n) is 1.90. The zero-order chi connectivity index (χ0) is 13.3. The highest BCUT2D eigenvalue weighted by molar-refractivity contribution is 6.20. The second kappa shape index (κ2) is 8.36. The maximum absolute atomic E-state index is 11.2. The fraction of sp³-hybridized carbons (Fsp3) is 0.500. The van der Waals surface area contributed by atoms with Crippen molar-refractivity contribution in [2.75, 3.05) is 20.6 Å². The van der Waals surface area contributed by atoms with Crippen LogP contribution in [0, 0.1) is 11.2 Å². The van der Waals surface area contributed by atoms with Crippen LogP contribution in [0.3, 0.4) is 0 Å². The van der Waals surface area contributed by atoms with Gasteiger partial charge in [0.1, 0.15) is 0 Å². The largest absolute Gasteiger partial charge is 0.328 e. The highest BCUT2D eigenvalue weighted by Crippen LogP contribution is 1.86. The first-order chi connectivity index (χ1) is 8.01. The van der Waals surface area contributed by atoms with Crippen molar-refractivity contribution >= 4 is 7.85 Å². The highest BCUT2D eigenvalue weighted by Gasteiger charge is 1.96. The van der Waals surface area contributed by atoms with E-state index in [1.54, 1.807) is 0 Å². The summed E-state index contributed by atoms with van der Waals surface area (Å²) >= 11 is 0. The molecule has 0 saturated carbocycles. The summed E-state index contributed by atoms with van der Waals surface area (Å²) in [5, 5.41) is 7.10. The zero-order valence-electron chi connectivity index (χ0n) is 10.0. The van der Waals surface area contributed by atoms with Gasteiger partial charge in [0.2, 0.25) is 7.85 Å². The van der Waals surface area contributed by atoms with Crippen molar-refractivity contribution in [2.24, 2.45) is 0 Å². The minimum absolute atomic E-state index is 0.337. The van der Waals surface area contributed by atoms with Gasteiger partial charge in [-0.05, 0) is 33.0 Å². The number of aryl methyl sites for hydroxylation is 1. The number of nitrogens with one attached hydrogen (secondary N) is 1. The maximum atomic E-state index is 11.2. The molecule has 90 valence electrons. The van der Waals surface area contributed by atoms with E-state index in [2.05, 4.69) is 17.7 Å². The molecule has 1 aromatic rings. The number of H-pyrrole nitrogens is 1. The lowest BCUT2D eigenvalue weighted by Crippen LogP contribution is -2.29. The fourth-order valence-electron chi connectivity index (χ4n) is 1.18. The van der Waals surface area contributed by atoms with Gasteiger partial charge >= 0.3 is 5.69 Å². The molecule has 2 radical (unpaired) electrons. The third-order valence-corrected chi connectivity index (χ3v) is 1.90. The first kappa shape index (κ1) is 15.2. The van der Waals surface area contributed by atoms with E-state index in [0.717, 1.165) is 13.0 Å². The Morgan fingerprint density at radius 2 is 2.12 bits per heavy atom. The number of rotatable bonds is 4. The van der Waals surface area contributed by atoms with Crippen LogP contribution >= 0.6 is 0 Å². The van der Waals surface area contributed by atoms with Crippen LogP contribution in [0.5, 0.6) is 0 Å². The van der Waals surface area contributed by atoms with E-state index >= 15 is 0 Å². The van der Waals surface area contributed by atoms with Crippen molar-refractivity contribution in [1.82, 2.24) is 14.5 Å². The SMILES string of the molecule is CN(C)CCCn1ccc(=O)[nH]c1=O.[B]C#N. The molecule has 0 aliphatic rings. The van der Waals surface area contributed by atoms with Gasteiger partial charge in [-0.2, -0.15) is 0 Å². The van der Waals surface area contributed by atoms with Crippen molar-refractivity contribution in [1.29, 1.82) is 5.26 Å². The smallest absolute Gasteiger partial charge is 0.309 e. The molecule has 0 bridgehead atoms. The van der Waals surface area contributed by atoms with Crippen molar-refractivity contribution < 1.29 is 0 Å². The summed E-state index contributed by atoms with van der Waals surface area (Å²) in [5.74, 6) is 1.25. The molecule has 1 N–H and O–H groups in total. The second-order valence-electron chi connectivity index (χ2n) is 3.59. The number of hydrogen-bond acceptors (Lipinski definition) is 4. The molecule has 0 saturated heterocycles. The molecule has 0 unspecified atom stereocenters. The Morgan fingerprint density at radius 3 is 2.59 bits per heavy atom. The van der Waals surface area contributed by atoms with Gasteiger partial charge in [0.05, 0.1) is 0 Å². The standard InChI is InChI=1S/C9H15N3O2.CBN/c1-11(2)5-3-6-12-7-4-8(13)10-9(12)14;2-1-3/h4,7H,3,5-6H2,1-2H3,(H,10,13,14);. The lowest BCUT2D eigenvalue weighted by atomic mass is 10.2. The Labute approximate surface area is 101 Å². The van der Waals surface area contributed by atoms with Gasteiger partial charge in [-0.15, -0.1) is 0 Å². The van der Waals surface area contributed by atoms with Crippen LogP contribution in [0.2, 0.25) is 0 Å².